The van der Waals surface area contributed by atoms with Crippen molar-refractivity contribution in [2.75, 3.05) is 7.11 Å². The Morgan fingerprint density at radius 3 is 2.67 bits per heavy atom. The van der Waals surface area contributed by atoms with Crippen molar-refractivity contribution in [1.29, 1.82) is 0 Å². The number of methoxy groups -OCH3 is 1. The number of rotatable bonds is 4. The second-order valence-electron chi connectivity index (χ2n) is 4.63. The molecule has 0 fully saturated rings. The standard InChI is InChI=1S/C17H15NO3/c1-20-14-6-4-7-15(11-14)21-12-18-10-9-13-5-2-3-8-16(13)17(18)19/h2-11H,12H2,1H3. The quantitative estimate of drug-likeness (QED) is 0.738. The predicted octanol–water partition coefficient (Wildman–Crippen LogP) is 3.05. The summed E-state index contributed by atoms with van der Waals surface area (Å²) in [5, 5.41) is 1.62. The molecule has 3 rings (SSSR count). The smallest absolute Gasteiger partial charge is 0.261 e. The van der Waals surface area contributed by atoms with Crippen LogP contribution in [-0.4, -0.2) is 11.7 Å². The average Bonchev–Trinajstić information content (AvgIpc) is 2.55. The van der Waals surface area contributed by atoms with Crippen molar-refractivity contribution < 1.29 is 9.47 Å². The Labute approximate surface area is 122 Å². The molecule has 0 aliphatic heterocycles. The van der Waals surface area contributed by atoms with Crippen molar-refractivity contribution >= 4 is 10.8 Å². The van der Waals surface area contributed by atoms with Gasteiger partial charge >= 0.3 is 0 Å². The van der Waals surface area contributed by atoms with Crippen molar-refractivity contribution in [1.82, 2.24) is 4.57 Å². The molecule has 0 spiro atoms. The van der Waals surface area contributed by atoms with Gasteiger partial charge in [-0.1, -0.05) is 24.3 Å². The zero-order valence-electron chi connectivity index (χ0n) is 11.7. The molecule has 0 N–H and O–H groups in total. The van der Waals surface area contributed by atoms with Crippen molar-refractivity contribution in [3.63, 3.8) is 0 Å². The molecule has 3 aromatic rings. The summed E-state index contributed by atoms with van der Waals surface area (Å²) in [5.41, 5.74) is -0.0593. The van der Waals surface area contributed by atoms with E-state index in [1.165, 1.54) is 0 Å². The third-order valence-corrected chi connectivity index (χ3v) is 3.30. The van der Waals surface area contributed by atoms with Gasteiger partial charge in [-0.05, 0) is 29.7 Å². The van der Waals surface area contributed by atoms with Crippen LogP contribution in [0.3, 0.4) is 0 Å². The van der Waals surface area contributed by atoms with Crippen LogP contribution >= 0.6 is 0 Å². The van der Waals surface area contributed by atoms with Crippen LogP contribution < -0.4 is 15.0 Å². The Morgan fingerprint density at radius 2 is 1.81 bits per heavy atom. The molecule has 0 unspecified atom stereocenters. The Hall–Kier alpha value is -2.75. The van der Waals surface area contributed by atoms with E-state index in [0.29, 0.717) is 11.1 Å². The van der Waals surface area contributed by atoms with E-state index in [-0.39, 0.29) is 12.3 Å². The first-order valence-corrected chi connectivity index (χ1v) is 6.63. The summed E-state index contributed by atoms with van der Waals surface area (Å²) >= 11 is 0. The van der Waals surface area contributed by atoms with Gasteiger partial charge in [-0.25, -0.2) is 0 Å². The highest BCUT2D eigenvalue weighted by molar-refractivity contribution is 5.81. The minimum absolute atomic E-state index is 0.0593. The fraction of sp³-hybridized carbons (Fsp3) is 0.118. The highest BCUT2D eigenvalue weighted by atomic mass is 16.5. The largest absolute Gasteiger partial charge is 0.497 e. The highest BCUT2D eigenvalue weighted by Gasteiger charge is 2.03. The molecular weight excluding hydrogens is 266 g/mol. The number of pyridine rings is 1. The molecule has 106 valence electrons. The van der Waals surface area contributed by atoms with E-state index in [4.69, 9.17) is 9.47 Å². The summed E-state index contributed by atoms with van der Waals surface area (Å²) in [7, 11) is 1.60. The zero-order chi connectivity index (χ0) is 14.7. The van der Waals surface area contributed by atoms with E-state index in [9.17, 15) is 4.79 Å². The summed E-state index contributed by atoms with van der Waals surface area (Å²) in [5.74, 6) is 1.38. The number of fused-ring (bicyclic) bond motifs is 1. The SMILES string of the molecule is COc1cccc(OCn2ccc3ccccc3c2=O)c1. The number of ether oxygens (including phenoxy) is 2. The highest BCUT2D eigenvalue weighted by Crippen LogP contribution is 2.19. The lowest BCUT2D eigenvalue weighted by Gasteiger charge is -2.10. The van der Waals surface area contributed by atoms with Crippen LogP contribution in [0.1, 0.15) is 0 Å². The Morgan fingerprint density at radius 1 is 1.00 bits per heavy atom. The minimum atomic E-state index is -0.0593. The summed E-state index contributed by atoms with van der Waals surface area (Å²) in [6.45, 7) is 0.164. The lowest BCUT2D eigenvalue weighted by Crippen LogP contribution is -2.22. The first-order chi connectivity index (χ1) is 10.3. The topological polar surface area (TPSA) is 40.5 Å². The number of hydrogen-bond acceptors (Lipinski definition) is 3. The van der Waals surface area contributed by atoms with Gasteiger partial charge in [0.15, 0.2) is 6.73 Å². The minimum Gasteiger partial charge on any atom is -0.497 e. The summed E-state index contributed by atoms with van der Waals surface area (Å²) < 4.78 is 12.3. The summed E-state index contributed by atoms with van der Waals surface area (Å²) in [4.78, 5) is 12.3. The molecule has 0 bridgehead atoms. The molecule has 0 aliphatic carbocycles. The fourth-order valence-electron chi connectivity index (χ4n) is 2.17. The second-order valence-corrected chi connectivity index (χ2v) is 4.63. The maximum atomic E-state index is 12.3. The molecule has 0 radical (unpaired) electrons. The molecule has 1 heterocycles. The van der Waals surface area contributed by atoms with Crippen LogP contribution in [0.15, 0.2) is 65.6 Å². The molecule has 4 heteroatoms. The summed E-state index contributed by atoms with van der Waals surface area (Å²) in [6, 6.07) is 16.7. The second kappa shape index (κ2) is 5.71. The molecule has 0 atom stereocenters. The van der Waals surface area contributed by atoms with E-state index in [2.05, 4.69) is 0 Å². The predicted molar refractivity (Wildman–Crippen MR) is 81.8 cm³/mol. The van der Waals surface area contributed by atoms with Gasteiger partial charge in [-0.3, -0.25) is 9.36 Å². The summed E-state index contributed by atoms with van der Waals surface area (Å²) in [6.07, 6.45) is 1.74. The molecule has 2 aromatic carbocycles. The number of aromatic nitrogens is 1. The van der Waals surface area contributed by atoms with Gasteiger partial charge in [0.25, 0.3) is 5.56 Å². The van der Waals surface area contributed by atoms with Gasteiger partial charge < -0.3 is 9.47 Å². The third kappa shape index (κ3) is 2.74. The zero-order valence-corrected chi connectivity index (χ0v) is 11.7. The maximum Gasteiger partial charge on any atom is 0.261 e. The van der Waals surface area contributed by atoms with Gasteiger partial charge in [0.05, 0.1) is 7.11 Å². The number of benzene rings is 2. The van der Waals surface area contributed by atoms with Gasteiger partial charge in [0.1, 0.15) is 11.5 Å². The molecule has 1 aromatic heterocycles. The molecule has 0 aliphatic rings. The van der Waals surface area contributed by atoms with Gasteiger partial charge in [0.2, 0.25) is 0 Å². The van der Waals surface area contributed by atoms with Crippen LogP contribution in [0.4, 0.5) is 0 Å². The van der Waals surface area contributed by atoms with E-state index >= 15 is 0 Å². The van der Waals surface area contributed by atoms with Crippen molar-refractivity contribution in [2.45, 2.75) is 6.73 Å². The number of nitrogens with zero attached hydrogens (tertiary/aromatic N) is 1. The Kier molecular flexibility index (Phi) is 3.60. The first kappa shape index (κ1) is 13.2. The fourth-order valence-corrected chi connectivity index (χ4v) is 2.17. The van der Waals surface area contributed by atoms with Crippen LogP contribution in [0.25, 0.3) is 10.8 Å². The van der Waals surface area contributed by atoms with Crippen LogP contribution in [-0.2, 0) is 6.73 Å². The van der Waals surface area contributed by atoms with Crippen molar-refractivity contribution in [3.05, 3.63) is 71.1 Å². The first-order valence-electron chi connectivity index (χ1n) is 6.63. The van der Waals surface area contributed by atoms with Crippen LogP contribution in [0, 0.1) is 0 Å². The lowest BCUT2D eigenvalue weighted by molar-refractivity contribution is 0.231. The van der Waals surface area contributed by atoms with Gasteiger partial charge in [-0.15, -0.1) is 0 Å². The van der Waals surface area contributed by atoms with Crippen molar-refractivity contribution in [3.8, 4) is 11.5 Å². The van der Waals surface area contributed by atoms with Crippen molar-refractivity contribution in [2.24, 2.45) is 0 Å². The van der Waals surface area contributed by atoms with E-state index in [1.54, 1.807) is 23.9 Å². The van der Waals surface area contributed by atoms with Gasteiger partial charge in [0, 0.05) is 17.6 Å². The van der Waals surface area contributed by atoms with E-state index in [0.717, 1.165) is 11.1 Å². The molecule has 0 saturated carbocycles. The third-order valence-electron chi connectivity index (χ3n) is 3.30. The monoisotopic (exact) mass is 281 g/mol. The molecule has 0 amide bonds. The number of hydrogen-bond donors (Lipinski definition) is 0. The maximum absolute atomic E-state index is 12.3. The average molecular weight is 281 g/mol. The van der Waals surface area contributed by atoms with Crippen LogP contribution in [0.5, 0.6) is 11.5 Å². The Balaban J connectivity index is 1.85. The normalized spacial score (nSPS) is 10.5. The molecule has 4 nitrogen and oxygen atoms in total. The van der Waals surface area contributed by atoms with E-state index in [1.807, 2.05) is 48.5 Å². The molecule has 21 heavy (non-hydrogen) atoms. The Bertz CT molecular complexity index is 823. The van der Waals surface area contributed by atoms with Gasteiger partial charge in [-0.2, -0.15) is 0 Å². The molecular formula is C17H15NO3. The van der Waals surface area contributed by atoms with Crippen LogP contribution in [0.2, 0.25) is 0 Å². The lowest BCUT2D eigenvalue weighted by atomic mass is 10.2. The van der Waals surface area contributed by atoms with E-state index < -0.39 is 0 Å². The molecule has 0 saturated heterocycles.